The molecule has 0 radical (unpaired) electrons. The average molecular weight is 312 g/mol. The van der Waals surface area contributed by atoms with Crippen LogP contribution in [0.5, 0.6) is 0 Å². The SMILES string of the molecule is CCCCCCCCCCCCC(CCCCCC)N(C)C. The molecule has 1 atom stereocenters. The number of nitrogens with zero attached hydrogens (tertiary/aromatic N) is 1. The number of unbranched alkanes of at least 4 members (excludes halogenated alkanes) is 12. The third kappa shape index (κ3) is 14.9. The third-order valence-electron chi connectivity index (χ3n) is 5.01. The fourth-order valence-corrected chi connectivity index (χ4v) is 3.33. The molecule has 0 heterocycles. The molecule has 1 nitrogen and oxygen atoms in total. The zero-order chi connectivity index (χ0) is 16.5. The normalized spacial score (nSPS) is 13.0. The zero-order valence-electron chi connectivity index (χ0n) is 16.3. The summed E-state index contributed by atoms with van der Waals surface area (Å²) in [7, 11) is 4.53. The molecule has 0 N–H and O–H groups in total. The van der Waals surface area contributed by atoms with E-state index in [9.17, 15) is 0 Å². The molecular formula is C21H45N. The number of rotatable bonds is 17. The van der Waals surface area contributed by atoms with Crippen molar-refractivity contribution in [3.05, 3.63) is 0 Å². The van der Waals surface area contributed by atoms with E-state index in [4.69, 9.17) is 0 Å². The molecule has 22 heavy (non-hydrogen) atoms. The van der Waals surface area contributed by atoms with Crippen molar-refractivity contribution in [1.82, 2.24) is 4.90 Å². The maximum absolute atomic E-state index is 2.46. The highest BCUT2D eigenvalue weighted by Gasteiger charge is 2.10. The summed E-state index contributed by atoms with van der Waals surface area (Å²) in [5.41, 5.74) is 0. The lowest BCUT2D eigenvalue weighted by Gasteiger charge is -2.24. The Hall–Kier alpha value is -0.0400. The van der Waals surface area contributed by atoms with Gasteiger partial charge in [0.25, 0.3) is 0 Å². The molecule has 0 aromatic carbocycles. The second kappa shape index (κ2) is 17.3. The fraction of sp³-hybridized carbons (Fsp3) is 1.00. The summed E-state index contributed by atoms with van der Waals surface area (Å²) in [6.07, 6.45) is 22.9. The van der Waals surface area contributed by atoms with Crippen molar-refractivity contribution in [2.24, 2.45) is 0 Å². The van der Waals surface area contributed by atoms with E-state index in [0.717, 1.165) is 6.04 Å². The van der Waals surface area contributed by atoms with Crippen LogP contribution < -0.4 is 0 Å². The molecule has 0 spiro atoms. The van der Waals surface area contributed by atoms with E-state index >= 15 is 0 Å². The predicted octanol–water partition coefficient (Wildman–Crippen LogP) is 7.20. The van der Waals surface area contributed by atoms with Crippen LogP contribution in [0.2, 0.25) is 0 Å². The van der Waals surface area contributed by atoms with Gasteiger partial charge in [0.1, 0.15) is 0 Å². The molecule has 1 unspecified atom stereocenters. The third-order valence-corrected chi connectivity index (χ3v) is 5.01. The topological polar surface area (TPSA) is 3.24 Å². The van der Waals surface area contributed by atoms with Crippen molar-refractivity contribution in [2.75, 3.05) is 14.1 Å². The first-order valence-corrected chi connectivity index (χ1v) is 10.4. The van der Waals surface area contributed by atoms with Crippen LogP contribution in [0.1, 0.15) is 117 Å². The van der Waals surface area contributed by atoms with Gasteiger partial charge in [0, 0.05) is 6.04 Å². The minimum Gasteiger partial charge on any atom is -0.306 e. The van der Waals surface area contributed by atoms with Gasteiger partial charge in [0.05, 0.1) is 0 Å². The van der Waals surface area contributed by atoms with Gasteiger partial charge in [-0.25, -0.2) is 0 Å². The van der Waals surface area contributed by atoms with E-state index in [0.29, 0.717) is 0 Å². The molecule has 0 aliphatic carbocycles. The molecule has 1 heteroatoms. The van der Waals surface area contributed by atoms with Gasteiger partial charge in [-0.1, -0.05) is 104 Å². The van der Waals surface area contributed by atoms with Gasteiger partial charge in [-0.05, 0) is 26.9 Å². The lowest BCUT2D eigenvalue weighted by atomic mass is 9.99. The quantitative estimate of drug-likeness (QED) is 0.257. The monoisotopic (exact) mass is 311 g/mol. The van der Waals surface area contributed by atoms with Crippen LogP contribution in [-0.2, 0) is 0 Å². The van der Waals surface area contributed by atoms with Gasteiger partial charge < -0.3 is 4.90 Å². The molecule has 0 aliphatic heterocycles. The van der Waals surface area contributed by atoms with Crippen molar-refractivity contribution >= 4 is 0 Å². The lowest BCUT2D eigenvalue weighted by molar-refractivity contribution is 0.251. The molecule has 0 amide bonds. The maximum Gasteiger partial charge on any atom is 0.00891 e. The summed E-state index contributed by atoms with van der Waals surface area (Å²) >= 11 is 0. The number of hydrogen-bond acceptors (Lipinski definition) is 1. The average Bonchev–Trinajstić information content (AvgIpc) is 2.50. The summed E-state index contributed by atoms with van der Waals surface area (Å²) in [5, 5.41) is 0. The van der Waals surface area contributed by atoms with Gasteiger partial charge in [0.2, 0.25) is 0 Å². The van der Waals surface area contributed by atoms with Crippen molar-refractivity contribution in [1.29, 1.82) is 0 Å². The van der Waals surface area contributed by atoms with E-state index in [1.165, 1.54) is 103 Å². The largest absolute Gasteiger partial charge is 0.306 e. The Morgan fingerprint density at radius 3 is 1.18 bits per heavy atom. The summed E-state index contributed by atoms with van der Waals surface area (Å²) in [5.74, 6) is 0. The Morgan fingerprint density at radius 2 is 0.818 bits per heavy atom. The minimum atomic E-state index is 0.825. The molecule has 0 bridgehead atoms. The fourth-order valence-electron chi connectivity index (χ4n) is 3.33. The van der Waals surface area contributed by atoms with E-state index in [2.05, 4.69) is 32.8 Å². The highest BCUT2D eigenvalue weighted by Crippen LogP contribution is 2.17. The van der Waals surface area contributed by atoms with Crippen LogP contribution in [0.15, 0.2) is 0 Å². The Bertz CT molecular complexity index is 200. The zero-order valence-corrected chi connectivity index (χ0v) is 16.3. The smallest absolute Gasteiger partial charge is 0.00891 e. The van der Waals surface area contributed by atoms with Crippen LogP contribution in [0.3, 0.4) is 0 Å². The van der Waals surface area contributed by atoms with Crippen molar-refractivity contribution in [2.45, 2.75) is 123 Å². The van der Waals surface area contributed by atoms with E-state index in [1.54, 1.807) is 0 Å². The molecule has 134 valence electrons. The molecular weight excluding hydrogens is 266 g/mol. The van der Waals surface area contributed by atoms with Crippen molar-refractivity contribution in [3.8, 4) is 0 Å². The summed E-state index contributed by atoms with van der Waals surface area (Å²) in [6.45, 7) is 4.60. The molecule has 0 saturated carbocycles. The Balaban J connectivity index is 3.40. The first-order chi connectivity index (χ1) is 10.7. The summed E-state index contributed by atoms with van der Waals surface area (Å²) in [4.78, 5) is 2.46. The van der Waals surface area contributed by atoms with Gasteiger partial charge in [-0.15, -0.1) is 0 Å². The Labute approximate surface area is 142 Å². The summed E-state index contributed by atoms with van der Waals surface area (Å²) in [6, 6.07) is 0.825. The number of hydrogen-bond donors (Lipinski definition) is 0. The van der Waals surface area contributed by atoms with Gasteiger partial charge in [-0.3, -0.25) is 0 Å². The molecule has 0 aromatic heterocycles. The highest BCUT2D eigenvalue weighted by atomic mass is 15.1. The van der Waals surface area contributed by atoms with E-state index < -0.39 is 0 Å². The lowest BCUT2D eigenvalue weighted by Crippen LogP contribution is -2.27. The molecule has 0 saturated heterocycles. The standard InChI is InChI=1S/C21H45N/c1-5-7-9-11-12-13-14-15-16-18-20-21(22(3)4)19-17-10-8-6-2/h21H,5-20H2,1-4H3. The van der Waals surface area contributed by atoms with Crippen LogP contribution in [-0.4, -0.2) is 25.0 Å². The van der Waals surface area contributed by atoms with Crippen LogP contribution >= 0.6 is 0 Å². The van der Waals surface area contributed by atoms with Gasteiger partial charge in [0.15, 0.2) is 0 Å². The maximum atomic E-state index is 2.46. The second-order valence-corrected chi connectivity index (χ2v) is 7.44. The van der Waals surface area contributed by atoms with E-state index in [1.807, 2.05) is 0 Å². The van der Waals surface area contributed by atoms with Gasteiger partial charge >= 0.3 is 0 Å². The molecule has 0 rings (SSSR count). The van der Waals surface area contributed by atoms with Crippen LogP contribution in [0.4, 0.5) is 0 Å². The Kier molecular flexibility index (Phi) is 17.3. The predicted molar refractivity (Wildman–Crippen MR) is 103 cm³/mol. The van der Waals surface area contributed by atoms with Crippen LogP contribution in [0.25, 0.3) is 0 Å². The Morgan fingerprint density at radius 1 is 0.500 bits per heavy atom. The minimum absolute atomic E-state index is 0.825. The van der Waals surface area contributed by atoms with Crippen molar-refractivity contribution < 1.29 is 0 Å². The highest BCUT2D eigenvalue weighted by molar-refractivity contribution is 4.66. The molecule has 0 aromatic rings. The van der Waals surface area contributed by atoms with Crippen molar-refractivity contribution in [3.63, 3.8) is 0 Å². The van der Waals surface area contributed by atoms with Gasteiger partial charge in [-0.2, -0.15) is 0 Å². The first-order valence-electron chi connectivity index (χ1n) is 10.4. The van der Waals surface area contributed by atoms with Crippen LogP contribution in [0, 0.1) is 0 Å². The second-order valence-electron chi connectivity index (χ2n) is 7.44. The first kappa shape index (κ1) is 22.0. The summed E-state index contributed by atoms with van der Waals surface area (Å²) < 4.78 is 0. The van der Waals surface area contributed by atoms with E-state index in [-0.39, 0.29) is 0 Å². The molecule has 0 fully saturated rings. The molecule has 0 aliphatic rings.